The van der Waals surface area contributed by atoms with E-state index in [1.54, 1.807) is 0 Å². The summed E-state index contributed by atoms with van der Waals surface area (Å²) in [5, 5.41) is 6.71. The highest BCUT2D eigenvalue weighted by Gasteiger charge is 1.99. The third kappa shape index (κ3) is 5.99. The van der Waals surface area contributed by atoms with Crippen LogP contribution < -0.4 is 15.5 Å². The molecule has 0 aliphatic carbocycles. The van der Waals surface area contributed by atoms with Gasteiger partial charge in [-0.25, -0.2) is 0 Å². The molecule has 0 atom stereocenters. The molecule has 1 aromatic carbocycles. The van der Waals surface area contributed by atoms with Gasteiger partial charge in [-0.3, -0.25) is 4.99 Å². The molecule has 0 saturated carbocycles. The Labute approximate surface area is 145 Å². The zero-order chi connectivity index (χ0) is 17.2. The lowest BCUT2D eigenvalue weighted by Crippen LogP contribution is -2.39. The average molecular weight is 327 g/mol. The number of aryl methyl sites for hydroxylation is 1. The lowest BCUT2D eigenvalue weighted by molar-refractivity contribution is 0.661. The van der Waals surface area contributed by atoms with E-state index < -0.39 is 0 Å². The molecule has 0 bridgehead atoms. The molecular formula is C19H29N5. The van der Waals surface area contributed by atoms with Gasteiger partial charge in [0.15, 0.2) is 5.96 Å². The molecule has 24 heavy (non-hydrogen) atoms. The van der Waals surface area contributed by atoms with Crippen LogP contribution in [0, 0.1) is 0 Å². The molecule has 5 nitrogen and oxygen atoms in total. The number of hydrogen-bond acceptors (Lipinski definition) is 2. The second-order valence-corrected chi connectivity index (χ2v) is 6.01. The van der Waals surface area contributed by atoms with Crippen LogP contribution >= 0.6 is 0 Å². The van der Waals surface area contributed by atoms with Crippen LogP contribution in [0.3, 0.4) is 0 Å². The number of nitrogens with one attached hydrogen (secondary N) is 2. The smallest absolute Gasteiger partial charge is 0.191 e. The van der Waals surface area contributed by atoms with Gasteiger partial charge in [-0.15, -0.1) is 0 Å². The average Bonchev–Trinajstić information content (AvgIpc) is 3.10. The maximum absolute atomic E-state index is 4.26. The molecule has 5 heteroatoms. The lowest BCUT2D eigenvalue weighted by Gasteiger charge is -2.13. The minimum Gasteiger partial charge on any atom is -0.378 e. The van der Waals surface area contributed by atoms with Gasteiger partial charge in [-0.1, -0.05) is 12.1 Å². The Morgan fingerprint density at radius 3 is 2.33 bits per heavy atom. The molecule has 0 saturated heterocycles. The Balaban J connectivity index is 1.62. The Morgan fingerprint density at radius 1 is 1.04 bits per heavy atom. The second-order valence-electron chi connectivity index (χ2n) is 6.01. The van der Waals surface area contributed by atoms with Crippen molar-refractivity contribution in [1.29, 1.82) is 0 Å². The summed E-state index contributed by atoms with van der Waals surface area (Å²) in [6.45, 7) is 2.71. The van der Waals surface area contributed by atoms with Crippen LogP contribution in [0.15, 0.2) is 53.8 Å². The highest BCUT2D eigenvalue weighted by atomic mass is 15.2. The third-order valence-corrected chi connectivity index (χ3v) is 3.94. The van der Waals surface area contributed by atoms with E-state index in [2.05, 4.69) is 75.8 Å². The van der Waals surface area contributed by atoms with Gasteiger partial charge in [-0.05, 0) is 42.7 Å². The van der Waals surface area contributed by atoms with Crippen molar-refractivity contribution in [3.05, 3.63) is 54.4 Å². The van der Waals surface area contributed by atoms with Crippen LogP contribution in [0.5, 0.6) is 0 Å². The number of anilines is 1. The van der Waals surface area contributed by atoms with E-state index in [4.69, 9.17) is 0 Å². The van der Waals surface area contributed by atoms with Crippen LogP contribution in [0.2, 0.25) is 0 Å². The van der Waals surface area contributed by atoms with E-state index >= 15 is 0 Å². The standard InChI is InChI=1S/C19H29N5/c1-20-19(22-13-16-24-14-4-5-15-24)21-12-6-7-17-8-10-18(11-9-17)23(2)3/h4-5,8-11,14-15H,6-7,12-13,16H2,1-3H3,(H2,20,21,22). The molecule has 130 valence electrons. The van der Waals surface area contributed by atoms with Crippen LogP contribution in [0.25, 0.3) is 0 Å². The van der Waals surface area contributed by atoms with Crippen molar-refractivity contribution in [2.24, 2.45) is 4.99 Å². The number of rotatable bonds is 8. The largest absolute Gasteiger partial charge is 0.378 e. The van der Waals surface area contributed by atoms with E-state index in [1.807, 2.05) is 19.2 Å². The zero-order valence-corrected chi connectivity index (χ0v) is 15.0. The molecule has 0 amide bonds. The van der Waals surface area contributed by atoms with Gasteiger partial charge in [0, 0.05) is 58.9 Å². The lowest BCUT2D eigenvalue weighted by atomic mass is 10.1. The van der Waals surface area contributed by atoms with Crippen molar-refractivity contribution in [2.45, 2.75) is 19.4 Å². The SMILES string of the molecule is CN=C(NCCCc1ccc(N(C)C)cc1)NCCn1cccc1. The highest BCUT2D eigenvalue weighted by molar-refractivity contribution is 5.79. The molecular weight excluding hydrogens is 298 g/mol. The topological polar surface area (TPSA) is 44.6 Å². The normalized spacial score (nSPS) is 11.4. The van der Waals surface area contributed by atoms with Crippen LogP contribution in [0.1, 0.15) is 12.0 Å². The van der Waals surface area contributed by atoms with Crippen molar-refractivity contribution < 1.29 is 0 Å². The Bertz CT molecular complexity index is 599. The van der Waals surface area contributed by atoms with Crippen LogP contribution in [0.4, 0.5) is 5.69 Å². The molecule has 0 aliphatic heterocycles. The molecule has 2 N–H and O–H groups in total. The quantitative estimate of drug-likeness (QED) is 0.444. The van der Waals surface area contributed by atoms with Gasteiger partial charge in [0.05, 0.1) is 0 Å². The third-order valence-electron chi connectivity index (χ3n) is 3.94. The van der Waals surface area contributed by atoms with E-state index in [0.717, 1.165) is 38.4 Å². The fourth-order valence-corrected chi connectivity index (χ4v) is 2.50. The summed E-state index contributed by atoms with van der Waals surface area (Å²) in [7, 11) is 5.94. The summed E-state index contributed by atoms with van der Waals surface area (Å²) in [4.78, 5) is 6.38. The highest BCUT2D eigenvalue weighted by Crippen LogP contribution is 2.13. The van der Waals surface area contributed by atoms with Crippen molar-refractivity contribution in [1.82, 2.24) is 15.2 Å². The predicted molar refractivity (Wildman–Crippen MR) is 103 cm³/mol. The van der Waals surface area contributed by atoms with Crippen molar-refractivity contribution >= 4 is 11.6 Å². The molecule has 0 fully saturated rings. The predicted octanol–water partition coefficient (Wildman–Crippen LogP) is 2.35. The monoisotopic (exact) mass is 327 g/mol. The first-order valence-electron chi connectivity index (χ1n) is 8.50. The second kappa shape index (κ2) is 9.65. The number of benzene rings is 1. The van der Waals surface area contributed by atoms with E-state index in [1.165, 1.54) is 11.3 Å². The molecule has 0 radical (unpaired) electrons. The molecule has 1 heterocycles. The van der Waals surface area contributed by atoms with E-state index in [-0.39, 0.29) is 0 Å². The number of guanidine groups is 1. The molecule has 1 aromatic heterocycles. The summed E-state index contributed by atoms with van der Waals surface area (Å²) in [6.07, 6.45) is 6.29. The summed E-state index contributed by atoms with van der Waals surface area (Å²) in [6, 6.07) is 12.8. The Morgan fingerprint density at radius 2 is 1.71 bits per heavy atom. The van der Waals surface area contributed by atoms with Gasteiger partial charge in [0.25, 0.3) is 0 Å². The number of hydrogen-bond donors (Lipinski definition) is 2. The minimum absolute atomic E-state index is 0.861. The van der Waals surface area contributed by atoms with Crippen molar-refractivity contribution in [2.75, 3.05) is 39.1 Å². The van der Waals surface area contributed by atoms with Gasteiger partial charge < -0.3 is 20.1 Å². The molecule has 2 aromatic rings. The van der Waals surface area contributed by atoms with E-state index in [0.29, 0.717) is 0 Å². The summed E-state index contributed by atoms with van der Waals surface area (Å²) in [5.41, 5.74) is 2.61. The summed E-state index contributed by atoms with van der Waals surface area (Å²) in [5.74, 6) is 0.866. The van der Waals surface area contributed by atoms with Gasteiger partial charge in [0.1, 0.15) is 0 Å². The molecule has 0 unspecified atom stereocenters. The fraction of sp³-hybridized carbons (Fsp3) is 0.421. The number of nitrogens with zero attached hydrogens (tertiary/aromatic N) is 3. The maximum Gasteiger partial charge on any atom is 0.191 e. The zero-order valence-electron chi connectivity index (χ0n) is 15.0. The maximum atomic E-state index is 4.26. The van der Waals surface area contributed by atoms with Gasteiger partial charge in [-0.2, -0.15) is 0 Å². The first-order valence-corrected chi connectivity index (χ1v) is 8.50. The number of aliphatic imine (C=N–C) groups is 1. The molecule has 0 aliphatic rings. The summed E-state index contributed by atoms with van der Waals surface area (Å²) >= 11 is 0. The first kappa shape index (κ1) is 17.9. The van der Waals surface area contributed by atoms with Crippen LogP contribution in [-0.2, 0) is 13.0 Å². The van der Waals surface area contributed by atoms with Gasteiger partial charge >= 0.3 is 0 Å². The Hall–Kier alpha value is -2.43. The minimum atomic E-state index is 0.861. The fourth-order valence-electron chi connectivity index (χ4n) is 2.50. The molecule has 0 spiro atoms. The Kier molecular flexibility index (Phi) is 7.21. The summed E-state index contributed by atoms with van der Waals surface area (Å²) < 4.78 is 2.15. The van der Waals surface area contributed by atoms with E-state index in [9.17, 15) is 0 Å². The molecule has 2 rings (SSSR count). The van der Waals surface area contributed by atoms with Crippen molar-refractivity contribution in [3.63, 3.8) is 0 Å². The van der Waals surface area contributed by atoms with Crippen molar-refractivity contribution in [3.8, 4) is 0 Å². The number of aromatic nitrogens is 1. The first-order chi connectivity index (χ1) is 11.7. The van der Waals surface area contributed by atoms with Crippen LogP contribution in [-0.4, -0.2) is 44.8 Å². The van der Waals surface area contributed by atoms with Gasteiger partial charge in [0.2, 0.25) is 0 Å².